The lowest BCUT2D eigenvalue weighted by Gasteiger charge is -2.15. The Labute approximate surface area is 164 Å². The standard InChI is InChI=1S/C19H22N4O.C2H4O2/c1-2-24-16-6-8-17-13(11-16)3-7-18(22-17)19-21-9-10-23(19)15-5-4-14(20)12-15;1-2(3)4/h3,6-11,14-15H,2,4-5,12,20H2,1H3;1H3,(H,3,4)/t14-,15-;/m1./s1. The molecule has 0 spiro atoms. The molecule has 1 fully saturated rings. The fourth-order valence-corrected chi connectivity index (χ4v) is 3.54. The molecule has 1 aliphatic rings. The molecule has 1 aliphatic carbocycles. The average Bonchev–Trinajstić information content (AvgIpc) is 3.30. The van der Waals surface area contributed by atoms with Crippen LogP contribution >= 0.6 is 0 Å². The summed E-state index contributed by atoms with van der Waals surface area (Å²) in [5.41, 5.74) is 7.92. The summed E-state index contributed by atoms with van der Waals surface area (Å²) in [6, 6.07) is 10.8. The number of aromatic nitrogens is 3. The highest BCUT2D eigenvalue weighted by atomic mass is 16.5. The Morgan fingerprint density at radius 1 is 1.32 bits per heavy atom. The van der Waals surface area contributed by atoms with Crippen LogP contribution in [0, 0.1) is 0 Å². The predicted molar refractivity (Wildman–Crippen MR) is 108 cm³/mol. The Hall–Kier alpha value is -2.93. The van der Waals surface area contributed by atoms with Crippen molar-refractivity contribution in [2.45, 2.75) is 45.2 Å². The Morgan fingerprint density at radius 3 is 2.79 bits per heavy atom. The minimum atomic E-state index is -0.833. The van der Waals surface area contributed by atoms with Crippen molar-refractivity contribution >= 4 is 16.9 Å². The van der Waals surface area contributed by atoms with E-state index in [2.05, 4.69) is 15.6 Å². The Balaban J connectivity index is 0.000000516. The molecular weight excluding hydrogens is 356 g/mol. The van der Waals surface area contributed by atoms with Crippen molar-refractivity contribution in [1.82, 2.24) is 14.5 Å². The highest BCUT2D eigenvalue weighted by Crippen LogP contribution is 2.32. The number of carbonyl (C=O) groups is 1. The average molecular weight is 382 g/mol. The normalized spacial score (nSPS) is 18.5. The van der Waals surface area contributed by atoms with Gasteiger partial charge in [0, 0.05) is 36.8 Å². The Bertz CT molecular complexity index is 950. The molecule has 7 heteroatoms. The molecule has 0 aliphatic heterocycles. The number of carboxylic acids is 1. The van der Waals surface area contributed by atoms with E-state index in [9.17, 15) is 0 Å². The molecule has 7 nitrogen and oxygen atoms in total. The van der Waals surface area contributed by atoms with E-state index in [1.54, 1.807) is 0 Å². The van der Waals surface area contributed by atoms with Gasteiger partial charge in [-0.15, -0.1) is 0 Å². The molecule has 0 radical (unpaired) electrons. The molecule has 3 aromatic rings. The summed E-state index contributed by atoms with van der Waals surface area (Å²) in [5.74, 6) is 0.964. The highest BCUT2D eigenvalue weighted by molar-refractivity contribution is 5.82. The van der Waals surface area contributed by atoms with Gasteiger partial charge in [0.25, 0.3) is 5.97 Å². The number of aliphatic carboxylic acids is 1. The van der Waals surface area contributed by atoms with Crippen LogP contribution in [-0.2, 0) is 4.79 Å². The van der Waals surface area contributed by atoms with Gasteiger partial charge in [-0.2, -0.15) is 0 Å². The predicted octanol–water partition coefficient (Wildman–Crippen LogP) is 3.64. The van der Waals surface area contributed by atoms with Gasteiger partial charge in [0.2, 0.25) is 0 Å². The first-order valence-electron chi connectivity index (χ1n) is 9.50. The largest absolute Gasteiger partial charge is 0.494 e. The van der Waals surface area contributed by atoms with Crippen molar-refractivity contribution < 1.29 is 14.6 Å². The van der Waals surface area contributed by atoms with Crippen LogP contribution in [0.5, 0.6) is 5.75 Å². The maximum absolute atomic E-state index is 9.00. The second kappa shape index (κ2) is 8.84. The molecule has 2 atom stereocenters. The number of benzene rings is 1. The van der Waals surface area contributed by atoms with Gasteiger partial charge in [-0.1, -0.05) is 6.07 Å². The molecule has 2 heterocycles. The SMILES string of the molecule is CC(=O)O.CCOc1ccc2nc(-c3nccn3[C@@H]3CC[C@@H](N)C3)ccc2c1. The summed E-state index contributed by atoms with van der Waals surface area (Å²) in [6.45, 7) is 3.73. The third-order valence-corrected chi connectivity index (χ3v) is 4.71. The monoisotopic (exact) mass is 382 g/mol. The lowest BCUT2D eigenvalue weighted by Crippen LogP contribution is -2.16. The third kappa shape index (κ3) is 4.67. The van der Waals surface area contributed by atoms with Crippen LogP contribution in [0.25, 0.3) is 22.4 Å². The number of fused-ring (bicyclic) bond motifs is 1. The van der Waals surface area contributed by atoms with Gasteiger partial charge in [-0.3, -0.25) is 4.79 Å². The molecule has 4 rings (SSSR count). The van der Waals surface area contributed by atoms with Crippen LogP contribution < -0.4 is 10.5 Å². The van der Waals surface area contributed by atoms with E-state index in [-0.39, 0.29) is 0 Å². The van der Waals surface area contributed by atoms with Crippen molar-refractivity contribution in [3.63, 3.8) is 0 Å². The van der Waals surface area contributed by atoms with Gasteiger partial charge < -0.3 is 20.1 Å². The van der Waals surface area contributed by atoms with Crippen molar-refractivity contribution in [3.05, 3.63) is 42.7 Å². The second-order valence-corrected chi connectivity index (χ2v) is 6.89. The molecule has 0 unspecified atom stereocenters. The van der Waals surface area contributed by atoms with Crippen LogP contribution in [-0.4, -0.2) is 38.3 Å². The zero-order valence-corrected chi connectivity index (χ0v) is 16.2. The number of carboxylic acid groups (broad SMARTS) is 1. The van der Waals surface area contributed by atoms with Crippen LogP contribution in [0.1, 0.15) is 39.2 Å². The molecule has 1 aromatic carbocycles. The summed E-state index contributed by atoms with van der Waals surface area (Å²) >= 11 is 0. The molecular formula is C21H26N4O3. The van der Waals surface area contributed by atoms with E-state index >= 15 is 0 Å². The van der Waals surface area contributed by atoms with E-state index in [0.29, 0.717) is 18.7 Å². The number of hydrogen-bond acceptors (Lipinski definition) is 5. The Morgan fingerprint density at radius 2 is 2.11 bits per heavy atom. The molecule has 0 amide bonds. The molecule has 0 saturated heterocycles. The summed E-state index contributed by atoms with van der Waals surface area (Å²) < 4.78 is 7.79. The first kappa shape index (κ1) is 19.8. The fourth-order valence-electron chi connectivity index (χ4n) is 3.54. The maximum atomic E-state index is 9.00. The number of imidazole rings is 1. The van der Waals surface area contributed by atoms with Crippen LogP contribution in [0.2, 0.25) is 0 Å². The number of hydrogen-bond donors (Lipinski definition) is 2. The lowest BCUT2D eigenvalue weighted by molar-refractivity contribution is -0.134. The van der Waals surface area contributed by atoms with E-state index in [4.69, 9.17) is 25.4 Å². The molecule has 1 saturated carbocycles. The van der Waals surface area contributed by atoms with Gasteiger partial charge in [0.15, 0.2) is 5.82 Å². The van der Waals surface area contributed by atoms with Gasteiger partial charge in [0.1, 0.15) is 11.4 Å². The van der Waals surface area contributed by atoms with Crippen LogP contribution in [0.3, 0.4) is 0 Å². The van der Waals surface area contributed by atoms with Crippen LogP contribution in [0.15, 0.2) is 42.7 Å². The smallest absolute Gasteiger partial charge is 0.300 e. The van der Waals surface area contributed by atoms with E-state index < -0.39 is 5.97 Å². The minimum Gasteiger partial charge on any atom is -0.494 e. The highest BCUT2D eigenvalue weighted by Gasteiger charge is 2.25. The number of nitrogens with two attached hydrogens (primary N) is 1. The maximum Gasteiger partial charge on any atom is 0.300 e. The van der Waals surface area contributed by atoms with Gasteiger partial charge >= 0.3 is 0 Å². The third-order valence-electron chi connectivity index (χ3n) is 4.71. The zero-order valence-electron chi connectivity index (χ0n) is 16.2. The summed E-state index contributed by atoms with van der Waals surface area (Å²) in [5, 5.41) is 8.49. The van der Waals surface area contributed by atoms with Gasteiger partial charge in [0.05, 0.1) is 12.1 Å². The van der Waals surface area contributed by atoms with E-state index in [0.717, 1.165) is 54.4 Å². The molecule has 0 bridgehead atoms. The van der Waals surface area contributed by atoms with Crippen molar-refractivity contribution in [2.24, 2.45) is 5.73 Å². The fraction of sp³-hybridized carbons (Fsp3) is 0.381. The molecule has 28 heavy (non-hydrogen) atoms. The van der Waals surface area contributed by atoms with E-state index in [1.165, 1.54) is 0 Å². The molecule has 2 aromatic heterocycles. The lowest BCUT2D eigenvalue weighted by atomic mass is 10.2. The van der Waals surface area contributed by atoms with Crippen LogP contribution in [0.4, 0.5) is 0 Å². The zero-order chi connectivity index (χ0) is 20.1. The number of pyridine rings is 1. The number of ether oxygens (including phenoxy) is 1. The summed E-state index contributed by atoms with van der Waals surface area (Å²) in [6.07, 6.45) is 7.09. The van der Waals surface area contributed by atoms with E-state index in [1.807, 2.05) is 43.6 Å². The second-order valence-electron chi connectivity index (χ2n) is 6.89. The molecule has 148 valence electrons. The first-order valence-corrected chi connectivity index (χ1v) is 9.50. The Kier molecular flexibility index (Phi) is 6.26. The number of rotatable bonds is 4. The summed E-state index contributed by atoms with van der Waals surface area (Å²) in [7, 11) is 0. The van der Waals surface area contributed by atoms with Crippen molar-refractivity contribution in [3.8, 4) is 17.3 Å². The molecule has 3 N–H and O–H groups in total. The van der Waals surface area contributed by atoms with Crippen molar-refractivity contribution in [1.29, 1.82) is 0 Å². The first-order chi connectivity index (χ1) is 13.5. The topological polar surface area (TPSA) is 103 Å². The van der Waals surface area contributed by atoms with Gasteiger partial charge in [-0.05, 0) is 50.5 Å². The van der Waals surface area contributed by atoms with Gasteiger partial charge in [-0.25, -0.2) is 9.97 Å². The van der Waals surface area contributed by atoms with Crippen molar-refractivity contribution in [2.75, 3.05) is 6.61 Å². The minimum absolute atomic E-state index is 0.298. The summed E-state index contributed by atoms with van der Waals surface area (Å²) in [4.78, 5) is 18.3. The quantitative estimate of drug-likeness (QED) is 0.714. The number of nitrogens with zero attached hydrogens (tertiary/aromatic N) is 3.